The first-order chi connectivity index (χ1) is 13.7. The molecule has 0 saturated heterocycles. The van der Waals surface area contributed by atoms with Crippen LogP contribution >= 0.6 is 0 Å². The number of hydrogen-bond donors (Lipinski definition) is 0. The Balaban J connectivity index is 1.45. The van der Waals surface area contributed by atoms with Crippen molar-refractivity contribution in [2.75, 3.05) is 13.2 Å². The molecule has 1 aliphatic rings. The molecule has 7 nitrogen and oxygen atoms in total. The SMILES string of the molecule is CCOc1ncccc1C(=O)N1CCc2oc(CCc3cccnc3)nc2C1. The number of fused-ring (bicyclic) bond motifs is 1. The maximum absolute atomic E-state index is 13.0. The smallest absolute Gasteiger partial charge is 0.259 e. The van der Waals surface area contributed by atoms with E-state index < -0.39 is 0 Å². The van der Waals surface area contributed by atoms with Crippen molar-refractivity contribution in [1.29, 1.82) is 0 Å². The number of hydrogen-bond acceptors (Lipinski definition) is 6. The fourth-order valence-electron chi connectivity index (χ4n) is 3.31. The Bertz CT molecular complexity index is 955. The normalized spacial score (nSPS) is 13.2. The number of amides is 1. The summed E-state index contributed by atoms with van der Waals surface area (Å²) in [6.07, 6.45) is 7.44. The van der Waals surface area contributed by atoms with Gasteiger partial charge in [-0.15, -0.1) is 0 Å². The first-order valence-corrected chi connectivity index (χ1v) is 9.48. The Morgan fingerprint density at radius 1 is 1.25 bits per heavy atom. The summed E-state index contributed by atoms with van der Waals surface area (Å²) >= 11 is 0. The standard InChI is InChI=1S/C21H22N4O3/c1-2-27-20-16(6-4-11-23-20)21(26)25-12-9-18-17(14-25)24-19(28-18)8-7-15-5-3-10-22-13-15/h3-6,10-11,13H,2,7-9,12,14H2,1H3. The van der Waals surface area contributed by atoms with Gasteiger partial charge in [0.2, 0.25) is 5.88 Å². The van der Waals surface area contributed by atoms with Gasteiger partial charge in [-0.2, -0.15) is 0 Å². The fourth-order valence-corrected chi connectivity index (χ4v) is 3.31. The lowest BCUT2D eigenvalue weighted by Gasteiger charge is -2.25. The van der Waals surface area contributed by atoms with Gasteiger partial charge in [-0.1, -0.05) is 6.07 Å². The average molecular weight is 378 g/mol. The third-order valence-electron chi connectivity index (χ3n) is 4.69. The topological polar surface area (TPSA) is 81.4 Å². The van der Waals surface area contributed by atoms with E-state index in [1.165, 1.54) is 0 Å². The summed E-state index contributed by atoms with van der Waals surface area (Å²) in [4.78, 5) is 27.7. The van der Waals surface area contributed by atoms with Crippen molar-refractivity contribution in [1.82, 2.24) is 19.9 Å². The van der Waals surface area contributed by atoms with Crippen LogP contribution in [0.3, 0.4) is 0 Å². The number of nitrogens with zero attached hydrogens (tertiary/aromatic N) is 4. The molecule has 0 spiro atoms. The van der Waals surface area contributed by atoms with Crippen molar-refractivity contribution < 1.29 is 13.9 Å². The molecule has 0 aliphatic carbocycles. The third-order valence-corrected chi connectivity index (χ3v) is 4.69. The van der Waals surface area contributed by atoms with E-state index in [1.54, 1.807) is 29.4 Å². The minimum atomic E-state index is -0.0953. The van der Waals surface area contributed by atoms with Crippen molar-refractivity contribution >= 4 is 5.91 Å². The van der Waals surface area contributed by atoms with Crippen LogP contribution in [-0.2, 0) is 25.8 Å². The van der Waals surface area contributed by atoms with E-state index in [1.807, 2.05) is 25.3 Å². The quantitative estimate of drug-likeness (QED) is 0.656. The van der Waals surface area contributed by atoms with Crippen molar-refractivity contribution in [2.45, 2.75) is 32.7 Å². The van der Waals surface area contributed by atoms with Crippen molar-refractivity contribution in [3.8, 4) is 5.88 Å². The Hall–Kier alpha value is -3.22. The molecule has 0 N–H and O–H groups in total. The van der Waals surface area contributed by atoms with Crippen LogP contribution < -0.4 is 4.74 Å². The number of aromatic nitrogens is 3. The second kappa shape index (κ2) is 8.21. The number of oxazole rings is 1. The molecular formula is C21H22N4O3. The summed E-state index contributed by atoms with van der Waals surface area (Å²) in [5.74, 6) is 1.86. The Morgan fingerprint density at radius 2 is 2.14 bits per heavy atom. The van der Waals surface area contributed by atoms with Crippen LogP contribution in [0.1, 0.15) is 40.2 Å². The van der Waals surface area contributed by atoms with Crippen LogP contribution in [0.5, 0.6) is 5.88 Å². The maximum atomic E-state index is 13.0. The van der Waals surface area contributed by atoms with Crippen LogP contribution in [-0.4, -0.2) is 38.9 Å². The van der Waals surface area contributed by atoms with Gasteiger partial charge in [-0.3, -0.25) is 9.78 Å². The molecule has 0 aromatic carbocycles. The maximum Gasteiger partial charge on any atom is 0.259 e. The number of aryl methyl sites for hydroxylation is 2. The van der Waals surface area contributed by atoms with Crippen LogP contribution in [0.2, 0.25) is 0 Å². The Kier molecular flexibility index (Phi) is 5.32. The zero-order chi connectivity index (χ0) is 19.3. The molecule has 3 aromatic heterocycles. The lowest BCUT2D eigenvalue weighted by Crippen LogP contribution is -2.36. The van der Waals surface area contributed by atoms with E-state index in [2.05, 4.69) is 15.0 Å². The summed E-state index contributed by atoms with van der Waals surface area (Å²) in [5, 5.41) is 0. The molecule has 0 radical (unpaired) electrons. The van der Waals surface area contributed by atoms with Gasteiger partial charge in [0, 0.05) is 38.0 Å². The molecule has 0 atom stereocenters. The minimum absolute atomic E-state index is 0.0953. The average Bonchev–Trinajstić information content (AvgIpc) is 3.15. The van der Waals surface area contributed by atoms with E-state index in [-0.39, 0.29) is 5.91 Å². The molecule has 0 unspecified atom stereocenters. The van der Waals surface area contributed by atoms with Crippen LogP contribution in [0.25, 0.3) is 0 Å². The summed E-state index contributed by atoms with van der Waals surface area (Å²) in [5.41, 5.74) is 2.46. The Labute approximate surface area is 163 Å². The molecule has 144 valence electrons. The predicted octanol–water partition coefficient (Wildman–Crippen LogP) is 2.85. The van der Waals surface area contributed by atoms with Gasteiger partial charge in [0.25, 0.3) is 5.91 Å². The molecule has 1 amide bonds. The highest BCUT2D eigenvalue weighted by Gasteiger charge is 2.28. The highest BCUT2D eigenvalue weighted by molar-refractivity contribution is 5.96. The van der Waals surface area contributed by atoms with Gasteiger partial charge in [0.05, 0.1) is 13.2 Å². The van der Waals surface area contributed by atoms with Crippen LogP contribution in [0.15, 0.2) is 47.3 Å². The molecule has 7 heteroatoms. The van der Waals surface area contributed by atoms with Gasteiger partial charge in [-0.05, 0) is 37.1 Å². The zero-order valence-corrected chi connectivity index (χ0v) is 15.8. The Morgan fingerprint density at radius 3 is 2.96 bits per heavy atom. The number of ether oxygens (including phenoxy) is 1. The second-order valence-electron chi connectivity index (χ2n) is 6.60. The molecule has 0 saturated carbocycles. The molecule has 28 heavy (non-hydrogen) atoms. The lowest BCUT2D eigenvalue weighted by molar-refractivity contribution is 0.0722. The van der Waals surface area contributed by atoms with Crippen molar-refractivity contribution in [2.24, 2.45) is 0 Å². The number of carbonyl (C=O) groups is 1. The molecular weight excluding hydrogens is 356 g/mol. The van der Waals surface area contributed by atoms with Gasteiger partial charge < -0.3 is 14.1 Å². The number of carbonyl (C=O) groups excluding carboxylic acids is 1. The van der Waals surface area contributed by atoms with Gasteiger partial charge in [0.15, 0.2) is 5.89 Å². The van der Waals surface area contributed by atoms with E-state index in [0.29, 0.717) is 49.9 Å². The van der Waals surface area contributed by atoms with E-state index in [0.717, 1.165) is 23.4 Å². The van der Waals surface area contributed by atoms with E-state index in [4.69, 9.17) is 9.15 Å². The molecule has 3 aromatic rings. The monoisotopic (exact) mass is 378 g/mol. The second-order valence-corrected chi connectivity index (χ2v) is 6.60. The van der Waals surface area contributed by atoms with Gasteiger partial charge in [0.1, 0.15) is 17.0 Å². The number of rotatable bonds is 6. The van der Waals surface area contributed by atoms with Crippen molar-refractivity contribution in [3.05, 3.63) is 71.3 Å². The first kappa shape index (κ1) is 18.2. The summed E-state index contributed by atoms with van der Waals surface area (Å²) < 4.78 is 11.4. The van der Waals surface area contributed by atoms with Crippen LogP contribution in [0.4, 0.5) is 0 Å². The summed E-state index contributed by atoms with van der Waals surface area (Å²) in [7, 11) is 0. The molecule has 0 fully saturated rings. The molecule has 0 bridgehead atoms. The third kappa shape index (κ3) is 3.88. The van der Waals surface area contributed by atoms with Gasteiger partial charge >= 0.3 is 0 Å². The lowest BCUT2D eigenvalue weighted by atomic mass is 10.1. The fraction of sp³-hybridized carbons (Fsp3) is 0.333. The highest BCUT2D eigenvalue weighted by atomic mass is 16.5. The van der Waals surface area contributed by atoms with Gasteiger partial charge in [-0.25, -0.2) is 9.97 Å². The molecule has 1 aliphatic heterocycles. The number of pyridine rings is 2. The first-order valence-electron chi connectivity index (χ1n) is 9.48. The minimum Gasteiger partial charge on any atom is -0.477 e. The van der Waals surface area contributed by atoms with Crippen molar-refractivity contribution in [3.63, 3.8) is 0 Å². The predicted molar refractivity (Wildman–Crippen MR) is 102 cm³/mol. The summed E-state index contributed by atoms with van der Waals surface area (Å²) in [6, 6.07) is 7.46. The zero-order valence-electron chi connectivity index (χ0n) is 15.8. The largest absolute Gasteiger partial charge is 0.477 e. The van der Waals surface area contributed by atoms with Crippen LogP contribution in [0, 0.1) is 0 Å². The summed E-state index contributed by atoms with van der Waals surface area (Å²) in [6.45, 7) is 3.36. The molecule has 4 heterocycles. The van der Waals surface area contributed by atoms with E-state index >= 15 is 0 Å². The molecule has 4 rings (SSSR count). The highest BCUT2D eigenvalue weighted by Crippen LogP contribution is 2.24. The van der Waals surface area contributed by atoms with E-state index in [9.17, 15) is 4.79 Å².